The van der Waals surface area contributed by atoms with Gasteiger partial charge in [-0.25, -0.2) is 0 Å². The van der Waals surface area contributed by atoms with Gasteiger partial charge in [-0.3, -0.25) is 67.9 Å². The van der Waals surface area contributed by atoms with Crippen molar-refractivity contribution in [3.05, 3.63) is 108 Å². The van der Waals surface area contributed by atoms with E-state index in [4.69, 9.17) is 21.4 Å². The molecule has 30 heteroatoms. The quantitative estimate of drug-likeness (QED) is 0.0140. The molecule has 4 aromatic rings. The van der Waals surface area contributed by atoms with Crippen LogP contribution in [-0.4, -0.2) is 229 Å². The van der Waals surface area contributed by atoms with Gasteiger partial charge in [-0.05, 0) is 96.8 Å². The summed E-state index contributed by atoms with van der Waals surface area (Å²) in [6.45, 7) is 0.243. The molecule has 1 fully saturated rings. The molecule has 1 heterocycles. The molecule has 0 bridgehead atoms. The Morgan fingerprint density at radius 3 is 1.85 bits per heavy atom. The van der Waals surface area contributed by atoms with Gasteiger partial charge in [0.25, 0.3) is 5.91 Å². The SMILES string of the molecule is CN1C(=O)[C@@H](Cc2ccc(O)cc2)NC(=O)CNC(=O)[C@H](Cc2ccc3ccccc3c2)NC(=O)[C@H](CCCNC(=N)N)NC(=O)[C@H]1CCCNC(=O)c1ccc(NC(=O)CCCCNC(=O)CN(CCNCC(=O)O)CCN(CCNCC(=O)O)CC(=O)O)cc1. The van der Waals surface area contributed by atoms with Gasteiger partial charge in [-0.15, -0.1) is 0 Å². The minimum atomic E-state index is -1.29. The van der Waals surface area contributed by atoms with Crippen LogP contribution in [0.5, 0.6) is 5.75 Å². The van der Waals surface area contributed by atoms with Crippen LogP contribution in [0, 0.1) is 5.41 Å². The van der Waals surface area contributed by atoms with Gasteiger partial charge in [0.05, 0.1) is 32.7 Å². The average molecular weight is 1280 g/mol. The maximum Gasteiger partial charge on any atom is 0.317 e. The van der Waals surface area contributed by atoms with Crippen molar-refractivity contribution in [1.82, 2.24) is 62.6 Å². The van der Waals surface area contributed by atoms with Crippen LogP contribution < -0.4 is 58.9 Å². The van der Waals surface area contributed by atoms with Crippen LogP contribution in [0.25, 0.3) is 10.8 Å². The predicted octanol–water partition coefficient (Wildman–Crippen LogP) is -1.52. The fourth-order valence-corrected chi connectivity index (χ4v) is 9.96. The molecule has 0 spiro atoms. The number of amides is 8. The van der Waals surface area contributed by atoms with E-state index in [0.29, 0.717) is 29.7 Å². The Bertz CT molecular complexity index is 3170. The summed E-state index contributed by atoms with van der Waals surface area (Å²) < 4.78 is 0. The van der Waals surface area contributed by atoms with E-state index in [1.165, 1.54) is 31.3 Å². The highest BCUT2D eigenvalue weighted by Crippen LogP contribution is 2.19. The van der Waals surface area contributed by atoms with Crippen LogP contribution in [0.1, 0.15) is 66.4 Å². The maximum atomic E-state index is 14.7. The van der Waals surface area contributed by atoms with Crippen molar-refractivity contribution in [3.63, 3.8) is 0 Å². The van der Waals surface area contributed by atoms with Gasteiger partial charge in [0, 0.05) is 96.5 Å². The number of hydrogen-bond donors (Lipinski definition) is 16. The number of aliphatic carboxylic acids is 3. The summed E-state index contributed by atoms with van der Waals surface area (Å²) in [6, 6.07) is 20.1. The number of nitrogens with one attached hydrogen (secondary N) is 11. The van der Waals surface area contributed by atoms with E-state index < -0.39 is 84.1 Å². The van der Waals surface area contributed by atoms with Crippen molar-refractivity contribution in [2.24, 2.45) is 5.73 Å². The summed E-state index contributed by atoms with van der Waals surface area (Å²) in [5, 5.41) is 74.1. The summed E-state index contributed by atoms with van der Waals surface area (Å²) in [5.74, 6) is -8.34. The fraction of sp³-hybridized carbons (Fsp3) is 0.452. The molecule has 5 rings (SSSR count). The number of carboxylic acids is 3. The second-order valence-electron chi connectivity index (χ2n) is 22.1. The van der Waals surface area contributed by atoms with Gasteiger partial charge in [0.2, 0.25) is 41.4 Å². The summed E-state index contributed by atoms with van der Waals surface area (Å²) >= 11 is 0. The minimum absolute atomic E-state index is 0.00118. The van der Waals surface area contributed by atoms with Crippen LogP contribution in [0.4, 0.5) is 5.69 Å². The number of nitrogens with zero attached hydrogens (tertiary/aromatic N) is 3. The van der Waals surface area contributed by atoms with E-state index in [1.54, 1.807) is 34.1 Å². The van der Waals surface area contributed by atoms with Gasteiger partial charge in [-0.2, -0.15) is 0 Å². The van der Waals surface area contributed by atoms with Gasteiger partial charge < -0.3 is 84.2 Å². The lowest BCUT2D eigenvalue weighted by Crippen LogP contribution is -2.58. The van der Waals surface area contributed by atoms with Crippen LogP contribution in [0.15, 0.2) is 91.0 Å². The Hall–Kier alpha value is -9.78. The number of rotatable bonds is 36. The third-order valence-corrected chi connectivity index (χ3v) is 14.8. The normalized spacial score (nSPS) is 16.5. The number of fused-ring (bicyclic) bond motifs is 1. The lowest BCUT2D eigenvalue weighted by molar-refractivity contribution is -0.142. The van der Waals surface area contributed by atoms with E-state index in [0.717, 1.165) is 15.7 Å². The van der Waals surface area contributed by atoms with E-state index in [2.05, 4.69) is 53.2 Å². The number of unbranched alkanes of at least 4 members (excludes halogenated alkanes) is 1. The number of phenolic OH excluding ortho intramolecular Hbond substituents is 1. The average Bonchev–Trinajstić information content (AvgIpc) is 1.58. The summed E-state index contributed by atoms with van der Waals surface area (Å²) in [7, 11) is 1.38. The summed E-state index contributed by atoms with van der Waals surface area (Å²) in [6.07, 6.45) is 1.16. The number of anilines is 1. The fourth-order valence-electron chi connectivity index (χ4n) is 9.96. The molecule has 17 N–H and O–H groups in total. The van der Waals surface area contributed by atoms with Crippen molar-refractivity contribution in [1.29, 1.82) is 5.41 Å². The van der Waals surface area contributed by atoms with Crippen molar-refractivity contribution < 1.29 is 73.2 Å². The molecular formula is C62H85N15O15. The number of carbonyl (C=O) groups is 11. The summed E-state index contributed by atoms with van der Waals surface area (Å²) in [4.78, 5) is 148. The molecular weight excluding hydrogens is 1190 g/mol. The van der Waals surface area contributed by atoms with Crippen molar-refractivity contribution in [3.8, 4) is 5.75 Å². The molecule has 1 aliphatic heterocycles. The highest BCUT2D eigenvalue weighted by atomic mass is 16.4. The first-order valence-corrected chi connectivity index (χ1v) is 30.3. The Labute approximate surface area is 532 Å². The van der Waals surface area contributed by atoms with E-state index in [-0.39, 0.29) is 159 Å². The zero-order chi connectivity index (χ0) is 67.0. The van der Waals surface area contributed by atoms with Crippen LogP contribution in [0.3, 0.4) is 0 Å². The number of carboxylic acid groups (broad SMARTS) is 3. The lowest BCUT2D eigenvalue weighted by Gasteiger charge is -2.32. The number of phenols is 1. The van der Waals surface area contributed by atoms with Crippen LogP contribution in [-0.2, 0) is 60.8 Å². The topological polar surface area (TPSA) is 449 Å². The van der Waals surface area contributed by atoms with E-state index in [1.807, 2.05) is 42.5 Å². The van der Waals surface area contributed by atoms with E-state index in [9.17, 15) is 63.0 Å². The molecule has 8 amide bonds. The molecule has 4 atom stereocenters. The van der Waals surface area contributed by atoms with Gasteiger partial charge in [-0.1, -0.05) is 54.6 Å². The van der Waals surface area contributed by atoms with E-state index >= 15 is 0 Å². The Balaban J connectivity index is 1.18. The Morgan fingerprint density at radius 2 is 1.20 bits per heavy atom. The van der Waals surface area contributed by atoms with Crippen molar-refractivity contribution in [2.45, 2.75) is 82.0 Å². The Morgan fingerprint density at radius 1 is 0.598 bits per heavy atom. The third-order valence-electron chi connectivity index (χ3n) is 14.8. The van der Waals surface area contributed by atoms with Gasteiger partial charge in [0.15, 0.2) is 5.96 Å². The largest absolute Gasteiger partial charge is 0.508 e. The first kappa shape index (κ1) is 73.0. The number of likely N-dealkylation sites (N-methyl/N-ethyl adjacent to an activating group) is 1. The molecule has 30 nitrogen and oxygen atoms in total. The minimum Gasteiger partial charge on any atom is -0.508 e. The van der Waals surface area contributed by atoms with Gasteiger partial charge in [0.1, 0.15) is 29.9 Å². The molecule has 0 aromatic heterocycles. The van der Waals surface area contributed by atoms with Crippen LogP contribution in [0.2, 0.25) is 0 Å². The molecule has 92 heavy (non-hydrogen) atoms. The van der Waals surface area contributed by atoms with Crippen LogP contribution >= 0.6 is 0 Å². The van der Waals surface area contributed by atoms with Crippen molar-refractivity contribution in [2.75, 3.05) is 104 Å². The summed E-state index contributed by atoms with van der Waals surface area (Å²) in [5.41, 5.74) is 7.40. The second kappa shape index (κ2) is 38.7. The molecule has 0 unspecified atom stereocenters. The van der Waals surface area contributed by atoms with Gasteiger partial charge >= 0.3 is 17.9 Å². The predicted molar refractivity (Wildman–Crippen MR) is 339 cm³/mol. The number of hydrogen-bond acceptors (Lipinski definition) is 17. The Kier molecular flexibility index (Phi) is 30.7. The zero-order valence-corrected chi connectivity index (χ0v) is 51.4. The zero-order valence-electron chi connectivity index (χ0n) is 51.4. The molecule has 1 saturated heterocycles. The number of nitrogens with two attached hydrogens (primary N) is 1. The standard InChI is InChI=1S/C62H85N15O15/c1-75-50(11-7-24-68-57(88)43-17-19-45(20-18-43)71-51(79)12-4-5-23-67-53(81)38-76(28-26-65-36-54(82)83)30-31-77(39-56(86)87)29-27-66-37-55(84)85)60(91)73-47(10-6-25-69-62(63)64)59(90)74-48(34-41-13-16-42-8-2-3-9-44(42)32-41)58(89)70-35-52(80)72-49(61(75)92)33-40-14-21-46(78)22-15-40/h2-3,8-9,13-22,32,47-50,65-66,78H,4-7,10-12,23-31,33-39H2,1H3,(H,67,81)(H,68,88)(H,70,89)(H,71,79)(H,72,80)(H,73,91)(H,74,90)(H,82,83)(H,84,85)(H,86,87)(H4,63,64,69)/t47-,48-,49+,50+/m0/s1. The molecule has 1 aliphatic rings. The number of guanidine groups is 1. The van der Waals surface area contributed by atoms with Crippen molar-refractivity contribution >= 4 is 87.6 Å². The number of aromatic hydroxyl groups is 1. The third kappa shape index (κ3) is 27.1. The second-order valence-corrected chi connectivity index (χ2v) is 22.1. The molecule has 4 aromatic carbocycles. The molecule has 0 radical (unpaired) electrons. The highest BCUT2D eigenvalue weighted by Gasteiger charge is 2.36. The molecule has 0 saturated carbocycles. The number of benzene rings is 4. The maximum absolute atomic E-state index is 14.7. The monoisotopic (exact) mass is 1280 g/mol. The first-order chi connectivity index (χ1) is 44.0. The highest BCUT2D eigenvalue weighted by molar-refractivity contribution is 5.98. The smallest absolute Gasteiger partial charge is 0.317 e. The molecule has 498 valence electrons. The lowest BCUT2D eigenvalue weighted by atomic mass is 10.00. The number of carbonyl (C=O) groups excluding carboxylic acids is 8. The molecule has 0 aliphatic carbocycles. The first-order valence-electron chi connectivity index (χ1n) is 30.3.